The van der Waals surface area contributed by atoms with E-state index in [2.05, 4.69) is 57.6 Å². The second-order valence-corrected chi connectivity index (χ2v) is 9.44. The van der Waals surface area contributed by atoms with Crippen LogP contribution in [0.4, 0.5) is 5.69 Å². The summed E-state index contributed by atoms with van der Waals surface area (Å²) in [6, 6.07) is 19.3. The highest BCUT2D eigenvalue weighted by atomic mass is 35.5. The number of amides is 1. The molecule has 1 spiro atoms. The molecule has 5 rings (SSSR count). The van der Waals surface area contributed by atoms with Gasteiger partial charge in [-0.05, 0) is 61.4 Å². The highest BCUT2D eigenvalue weighted by molar-refractivity contribution is 6.30. The van der Waals surface area contributed by atoms with Gasteiger partial charge in [-0.2, -0.15) is 0 Å². The number of carbonyl (C=O) groups is 1. The molecule has 2 aromatic carbocycles. The number of benzene rings is 2. The number of para-hydroxylation sites is 1. The van der Waals surface area contributed by atoms with Crippen LogP contribution in [0, 0.1) is 0 Å². The van der Waals surface area contributed by atoms with Crippen LogP contribution in [0.2, 0.25) is 5.02 Å². The van der Waals surface area contributed by atoms with Gasteiger partial charge in [-0.1, -0.05) is 54.8 Å². The van der Waals surface area contributed by atoms with Gasteiger partial charge >= 0.3 is 0 Å². The minimum Gasteiger partial charge on any atom is -0.339 e. The number of nitrogens with one attached hydrogen (secondary N) is 1. The van der Waals surface area contributed by atoms with Crippen molar-refractivity contribution in [3.63, 3.8) is 0 Å². The number of hydrogen-bond donors (Lipinski definition) is 1. The lowest BCUT2D eigenvalue weighted by molar-refractivity contribution is -0.125. The van der Waals surface area contributed by atoms with Crippen LogP contribution in [0.3, 0.4) is 0 Å². The predicted molar refractivity (Wildman–Crippen MR) is 122 cm³/mol. The van der Waals surface area contributed by atoms with Gasteiger partial charge in [-0.15, -0.1) is 0 Å². The van der Waals surface area contributed by atoms with Crippen LogP contribution in [-0.2, 0) is 4.79 Å². The number of anilines is 1. The molecule has 5 heteroatoms. The fourth-order valence-electron chi connectivity index (χ4n) is 5.93. The van der Waals surface area contributed by atoms with Crippen molar-refractivity contribution in [2.24, 2.45) is 0 Å². The maximum Gasteiger partial charge on any atom is 0.247 e. The molecule has 2 saturated heterocycles. The lowest BCUT2D eigenvalue weighted by atomic mass is 9.77. The van der Waals surface area contributed by atoms with E-state index >= 15 is 0 Å². The van der Waals surface area contributed by atoms with Crippen LogP contribution in [0.15, 0.2) is 54.6 Å². The molecule has 2 atom stereocenters. The van der Waals surface area contributed by atoms with Crippen molar-refractivity contribution in [2.75, 3.05) is 24.7 Å². The van der Waals surface area contributed by atoms with Crippen molar-refractivity contribution in [3.8, 4) is 0 Å². The average molecular weight is 424 g/mol. The first-order valence-corrected chi connectivity index (χ1v) is 11.7. The third-order valence-electron chi connectivity index (χ3n) is 7.51. The summed E-state index contributed by atoms with van der Waals surface area (Å²) in [6.07, 6.45) is 6.80. The molecule has 1 aliphatic carbocycles. The minimum absolute atomic E-state index is 0.195. The monoisotopic (exact) mass is 423 g/mol. The van der Waals surface area contributed by atoms with E-state index in [-0.39, 0.29) is 5.91 Å². The summed E-state index contributed by atoms with van der Waals surface area (Å²) in [6.45, 7) is 2.55. The standard InChI is InChI=1S/C25H30ClN3O/c26-20-8-6-7-19(17-20)22-11-4-5-12-23(22)28-15-13-25(14-16-28)24(30)27-18-29(25)21-9-2-1-3-10-21/h1-3,6-10,17,22-23H,4-5,11-16,18H2,(H,27,30)/t22-,23-/m1/s1. The van der Waals surface area contributed by atoms with E-state index in [1.165, 1.54) is 31.2 Å². The lowest BCUT2D eigenvalue weighted by Crippen LogP contribution is -2.58. The third kappa shape index (κ3) is 3.50. The van der Waals surface area contributed by atoms with Crippen molar-refractivity contribution in [1.82, 2.24) is 10.2 Å². The van der Waals surface area contributed by atoms with Crippen LogP contribution in [0.25, 0.3) is 0 Å². The Morgan fingerprint density at radius 1 is 0.967 bits per heavy atom. The van der Waals surface area contributed by atoms with E-state index in [0.29, 0.717) is 18.6 Å². The second kappa shape index (κ2) is 8.24. The molecule has 1 saturated carbocycles. The number of hydrogen-bond acceptors (Lipinski definition) is 3. The van der Waals surface area contributed by atoms with Gasteiger partial charge in [-0.25, -0.2) is 0 Å². The molecule has 1 amide bonds. The quantitative estimate of drug-likeness (QED) is 0.770. The van der Waals surface area contributed by atoms with Gasteiger partial charge in [0.05, 0.1) is 6.67 Å². The smallest absolute Gasteiger partial charge is 0.247 e. The molecule has 4 nitrogen and oxygen atoms in total. The molecule has 3 fully saturated rings. The highest BCUT2D eigenvalue weighted by Crippen LogP contribution is 2.41. The molecular weight excluding hydrogens is 394 g/mol. The molecule has 0 aromatic heterocycles. The Morgan fingerprint density at radius 2 is 1.73 bits per heavy atom. The van der Waals surface area contributed by atoms with E-state index < -0.39 is 5.54 Å². The molecule has 0 bridgehead atoms. The fourth-order valence-corrected chi connectivity index (χ4v) is 6.13. The molecule has 158 valence electrons. The van der Waals surface area contributed by atoms with E-state index in [0.717, 1.165) is 36.6 Å². The largest absolute Gasteiger partial charge is 0.339 e. The number of piperidine rings is 1. The fraction of sp³-hybridized carbons (Fsp3) is 0.480. The van der Waals surface area contributed by atoms with E-state index in [1.807, 2.05) is 12.1 Å². The predicted octanol–water partition coefficient (Wildman–Crippen LogP) is 4.79. The number of likely N-dealkylation sites (tertiary alicyclic amines) is 1. The van der Waals surface area contributed by atoms with Crippen LogP contribution < -0.4 is 10.2 Å². The Hall–Kier alpha value is -2.04. The number of halogens is 1. The van der Waals surface area contributed by atoms with Gasteiger partial charge in [0.1, 0.15) is 5.54 Å². The summed E-state index contributed by atoms with van der Waals surface area (Å²) in [5, 5.41) is 3.95. The SMILES string of the molecule is O=C1NCN(c2ccccc2)C12CCN([C@@H]1CCCC[C@@H]1c1cccc(Cl)c1)CC2. The second-order valence-electron chi connectivity index (χ2n) is 9.01. The van der Waals surface area contributed by atoms with Crippen molar-refractivity contribution < 1.29 is 4.79 Å². The van der Waals surface area contributed by atoms with Crippen molar-refractivity contribution in [1.29, 1.82) is 0 Å². The van der Waals surface area contributed by atoms with Crippen molar-refractivity contribution in [2.45, 2.75) is 56.0 Å². The number of rotatable bonds is 3. The molecule has 0 unspecified atom stereocenters. The third-order valence-corrected chi connectivity index (χ3v) is 7.74. The van der Waals surface area contributed by atoms with Gasteiger partial charge in [0, 0.05) is 29.8 Å². The summed E-state index contributed by atoms with van der Waals surface area (Å²) in [4.78, 5) is 17.9. The molecule has 0 radical (unpaired) electrons. The molecule has 2 aliphatic heterocycles. The first-order valence-electron chi connectivity index (χ1n) is 11.3. The zero-order valence-corrected chi connectivity index (χ0v) is 18.2. The number of carbonyl (C=O) groups excluding carboxylic acids is 1. The summed E-state index contributed by atoms with van der Waals surface area (Å²) in [5.74, 6) is 0.732. The van der Waals surface area contributed by atoms with Crippen molar-refractivity contribution in [3.05, 3.63) is 65.2 Å². The Labute approximate surface area is 184 Å². The van der Waals surface area contributed by atoms with E-state index in [1.54, 1.807) is 0 Å². The first-order chi connectivity index (χ1) is 14.7. The molecule has 3 aliphatic rings. The lowest BCUT2D eigenvalue weighted by Gasteiger charge is -2.48. The van der Waals surface area contributed by atoms with E-state index in [4.69, 9.17) is 11.6 Å². The molecule has 2 heterocycles. The normalized spacial score (nSPS) is 26.7. The molecule has 30 heavy (non-hydrogen) atoms. The van der Waals surface area contributed by atoms with Gasteiger partial charge in [0.15, 0.2) is 0 Å². The average Bonchev–Trinajstić information content (AvgIpc) is 3.10. The van der Waals surface area contributed by atoms with Crippen LogP contribution in [-0.4, -0.2) is 42.1 Å². The highest BCUT2D eigenvalue weighted by Gasteiger charge is 2.51. The van der Waals surface area contributed by atoms with Crippen LogP contribution in [0.1, 0.15) is 50.0 Å². The van der Waals surface area contributed by atoms with Gasteiger partial charge in [-0.3, -0.25) is 9.69 Å². The van der Waals surface area contributed by atoms with E-state index in [9.17, 15) is 4.79 Å². The Bertz CT molecular complexity index is 894. The van der Waals surface area contributed by atoms with Crippen LogP contribution >= 0.6 is 11.6 Å². The Kier molecular flexibility index (Phi) is 5.46. The Morgan fingerprint density at radius 3 is 2.50 bits per heavy atom. The zero-order chi connectivity index (χ0) is 20.6. The van der Waals surface area contributed by atoms with Gasteiger partial charge < -0.3 is 10.2 Å². The Balaban J connectivity index is 1.35. The molecular formula is C25H30ClN3O. The summed E-state index contributed by atoms with van der Waals surface area (Å²) in [5.41, 5.74) is 2.11. The molecule has 1 N–H and O–H groups in total. The minimum atomic E-state index is -0.405. The van der Waals surface area contributed by atoms with Gasteiger partial charge in [0.2, 0.25) is 5.91 Å². The zero-order valence-electron chi connectivity index (χ0n) is 17.4. The number of nitrogens with zero attached hydrogens (tertiary/aromatic N) is 2. The summed E-state index contributed by atoms with van der Waals surface area (Å²) >= 11 is 6.31. The first kappa shape index (κ1) is 19.9. The molecule has 2 aromatic rings. The van der Waals surface area contributed by atoms with Crippen LogP contribution in [0.5, 0.6) is 0 Å². The van der Waals surface area contributed by atoms with Crippen molar-refractivity contribution >= 4 is 23.2 Å². The maximum absolute atomic E-state index is 13.0. The summed E-state index contributed by atoms with van der Waals surface area (Å²) in [7, 11) is 0. The van der Waals surface area contributed by atoms with Gasteiger partial charge in [0.25, 0.3) is 0 Å². The maximum atomic E-state index is 13.0. The summed E-state index contributed by atoms with van der Waals surface area (Å²) < 4.78 is 0. The topological polar surface area (TPSA) is 35.6 Å².